The number of rotatable bonds is 10. The third-order valence-corrected chi connectivity index (χ3v) is 5.75. The summed E-state index contributed by atoms with van der Waals surface area (Å²) in [6.45, 7) is 9.12. The molecule has 0 spiro atoms. The van der Waals surface area contributed by atoms with E-state index < -0.39 is 48.2 Å². The molecule has 184 valence electrons. The van der Waals surface area contributed by atoms with Crippen LogP contribution in [-0.4, -0.2) is 64.0 Å². The summed E-state index contributed by atoms with van der Waals surface area (Å²) in [5.41, 5.74) is 4.05. The Hall–Kier alpha value is -1.85. The molecular weight excluding hydrogens is 417 g/mol. The Morgan fingerprint density at radius 1 is 1.22 bits per heavy atom. The number of nitrogens with one attached hydrogen (secondary N) is 2. The number of carbonyl (C=O) groups is 3. The molecule has 0 aromatic carbocycles. The summed E-state index contributed by atoms with van der Waals surface area (Å²) in [6.07, 6.45) is 1.71. The highest BCUT2D eigenvalue weighted by atomic mass is 16.6. The van der Waals surface area contributed by atoms with E-state index in [0.717, 1.165) is 0 Å². The number of carboxylic acid groups (broad SMARTS) is 1. The maximum atomic E-state index is 12.8. The number of hydrogen-bond acceptors (Lipinski definition) is 7. The third-order valence-electron chi connectivity index (χ3n) is 5.75. The van der Waals surface area contributed by atoms with Crippen molar-refractivity contribution in [2.45, 2.75) is 90.2 Å². The molecule has 0 radical (unpaired) electrons. The minimum Gasteiger partial charge on any atom is -0.480 e. The Labute approximate surface area is 190 Å². The van der Waals surface area contributed by atoms with Gasteiger partial charge < -0.3 is 36.3 Å². The summed E-state index contributed by atoms with van der Waals surface area (Å²) >= 11 is 0. The molecule has 0 heterocycles. The topological polar surface area (TPSA) is 171 Å². The number of carbonyl (C=O) groups excluding carboxylic acids is 2. The van der Waals surface area contributed by atoms with Crippen LogP contribution in [0.15, 0.2) is 0 Å². The Morgan fingerprint density at radius 3 is 2.34 bits per heavy atom. The second-order valence-electron chi connectivity index (χ2n) is 10.3. The average molecular weight is 457 g/mol. The van der Waals surface area contributed by atoms with Crippen molar-refractivity contribution in [2.24, 2.45) is 23.5 Å². The van der Waals surface area contributed by atoms with Crippen LogP contribution in [0.5, 0.6) is 0 Å². The van der Waals surface area contributed by atoms with Crippen LogP contribution in [-0.2, 0) is 14.3 Å². The molecule has 1 aliphatic rings. The van der Waals surface area contributed by atoms with Gasteiger partial charge in [0.15, 0.2) is 0 Å². The van der Waals surface area contributed by atoms with Crippen molar-refractivity contribution in [3.8, 4) is 0 Å². The van der Waals surface area contributed by atoms with Gasteiger partial charge in [0.05, 0.1) is 0 Å². The van der Waals surface area contributed by atoms with Crippen molar-refractivity contribution in [1.82, 2.24) is 10.6 Å². The first-order chi connectivity index (χ1) is 14.6. The average Bonchev–Trinajstić information content (AvgIpc) is 2.62. The van der Waals surface area contributed by atoms with E-state index in [-0.39, 0.29) is 31.1 Å². The summed E-state index contributed by atoms with van der Waals surface area (Å²) in [4.78, 5) is 36.9. The van der Waals surface area contributed by atoms with Gasteiger partial charge in [0.1, 0.15) is 17.2 Å². The van der Waals surface area contributed by atoms with Crippen LogP contribution in [0.4, 0.5) is 4.79 Å². The lowest BCUT2D eigenvalue weighted by Crippen LogP contribution is -2.60. The van der Waals surface area contributed by atoms with Gasteiger partial charge >= 0.3 is 19.2 Å². The van der Waals surface area contributed by atoms with E-state index >= 15 is 0 Å². The minimum atomic E-state index is -1.53. The number of aliphatic carboxylic acids is 1. The molecule has 4 atom stereocenters. The first-order valence-electron chi connectivity index (χ1n) is 11.3. The molecule has 0 saturated heterocycles. The lowest BCUT2D eigenvalue weighted by molar-refractivity contribution is -0.148. The Morgan fingerprint density at radius 2 is 1.84 bits per heavy atom. The predicted octanol–water partition coefficient (Wildman–Crippen LogP) is 1.10. The molecule has 7 N–H and O–H groups in total. The van der Waals surface area contributed by atoms with Crippen LogP contribution in [0.3, 0.4) is 0 Å². The van der Waals surface area contributed by atoms with E-state index in [1.165, 1.54) is 0 Å². The van der Waals surface area contributed by atoms with Gasteiger partial charge in [-0.15, -0.1) is 0 Å². The maximum Gasteiger partial charge on any atom is 0.451 e. The van der Waals surface area contributed by atoms with Crippen molar-refractivity contribution in [3.63, 3.8) is 0 Å². The Balaban J connectivity index is 2.78. The number of carboxylic acids is 1. The van der Waals surface area contributed by atoms with Crippen LogP contribution in [0.2, 0.25) is 6.32 Å². The van der Waals surface area contributed by atoms with Gasteiger partial charge in [-0.05, 0) is 64.6 Å². The predicted molar refractivity (Wildman–Crippen MR) is 121 cm³/mol. The minimum absolute atomic E-state index is 0.0348. The smallest absolute Gasteiger partial charge is 0.451 e. The van der Waals surface area contributed by atoms with Crippen LogP contribution in [0, 0.1) is 17.8 Å². The van der Waals surface area contributed by atoms with E-state index in [9.17, 15) is 19.5 Å². The van der Waals surface area contributed by atoms with E-state index in [4.69, 9.17) is 20.5 Å². The molecule has 1 saturated carbocycles. The number of ether oxygens (including phenoxy) is 1. The van der Waals surface area contributed by atoms with Gasteiger partial charge in [0.2, 0.25) is 5.91 Å². The molecule has 0 unspecified atom stereocenters. The molecule has 32 heavy (non-hydrogen) atoms. The number of hydrogen-bond donors (Lipinski definition) is 6. The molecule has 0 bridgehead atoms. The summed E-state index contributed by atoms with van der Waals surface area (Å²) in [5, 5.41) is 33.3. The summed E-state index contributed by atoms with van der Waals surface area (Å²) < 4.78 is 5.25. The zero-order chi connectivity index (χ0) is 24.7. The van der Waals surface area contributed by atoms with Gasteiger partial charge in [-0.1, -0.05) is 20.3 Å². The summed E-state index contributed by atoms with van der Waals surface area (Å²) in [7, 11) is -1.43. The molecule has 11 heteroatoms. The van der Waals surface area contributed by atoms with Gasteiger partial charge in [0, 0.05) is 12.5 Å². The first-order valence-corrected chi connectivity index (χ1v) is 11.3. The van der Waals surface area contributed by atoms with Gasteiger partial charge in [-0.25, -0.2) is 4.79 Å². The zero-order valence-corrected chi connectivity index (χ0v) is 19.9. The van der Waals surface area contributed by atoms with Gasteiger partial charge in [0.25, 0.3) is 0 Å². The highest BCUT2D eigenvalue weighted by Gasteiger charge is 2.47. The lowest BCUT2D eigenvalue weighted by Gasteiger charge is -2.41. The monoisotopic (exact) mass is 457 g/mol. The van der Waals surface area contributed by atoms with Crippen molar-refractivity contribution >= 4 is 25.1 Å². The zero-order valence-electron chi connectivity index (χ0n) is 19.9. The fourth-order valence-electron chi connectivity index (χ4n) is 4.12. The Kier molecular flexibility index (Phi) is 10.4. The fourth-order valence-corrected chi connectivity index (χ4v) is 4.12. The van der Waals surface area contributed by atoms with E-state index in [0.29, 0.717) is 25.7 Å². The Bertz CT molecular complexity index is 654. The molecule has 0 aromatic heterocycles. The van der Waals surface area contributed by atoms with Crippen LogP contribution in [0.1, 0.15) is 66.7 Å². The fraction of sp³-hybridized carbons (Fsp3) is 0.857. The van der Waals surface area contributed by atoms with Crippen molar-refractivity contribution in [3.05, 3.63) is 0 Å². The molecule has 0 aromatic rings. The highest BCUT2D eigenvalue weighted by molar-refractivity contribution is 6.40. The van der Waals surface area contributed by atoms with Crippen LogP contribution >= 0.6 is 0 Å². The second-order valence-corrected chi connectivity index (χ2v) is 10.3. The van der Waals surface area contributed by atoms with E-state index in [1.807, 2.05) is 13.8 Å². The highest BCUT2D eigenvalue weighted by Crippen LogP contribution is 2.38. The van der Waals surface area contributed by atoms with Crippen molar-refractivity contribution < 1.29 is 34.3 Å². The van der Waals surface area contributed by atoms with Gasteiger partial charge in [-0.2, -0.15) is 0 Å². The quantitative estimate of drug-likeness (QED) is 0.265. The standard InChI is InChI=1S/C21H40BN3O7/c1-13(2)10-16(25-19(29)32-20(3,4)5)17(26)24-12-15-7-6-14(8-9-22(30)31)11-21(15,23)18(27)28/h13-16,30-31H,6-12,23H2,1-5H3,(H,24,26)(H,25,29)(H,27,28)/t14-,15-,16-,21+/m0/s1. The second kappa shape index (κ2) is 11.9. The van der Waals surface area contributed by atoms with Crippen molar-refractivity contribution in [1.29, 1.82) is 0 Å². The van der Waals surface area contributed by atoms with Crippen LogP contribution < -0.4 is 16.4 Å². The lowest BCUT2D eigenvalue weighted by atomic mass is 9.66. The molecule has 1 aliphatic carbocycles. The van der Waals surface area contributed by atoms with E-state index in [1.54, 1.807) is 20.8 Å². The molecule has 2 amide bonds. The van der Waals surface area contributed by atoms with Gasteiger partial charge in [-0.3, -0.25) is 9.59 Å². The normalized spacial score (nSPS) is 24.5. The van der Waals surface area contributed by atoms with Crippen LogP contribution in [0.25, 0.3) is 0 Å². The molecule has 10 nitrogen and oxygen atoms in total. The summed E-state index contributed by atoms with van der Waals surface area (Å²) in [6, 6.07) is -0.816. The molecule has 1 fully saturated rings. The molecule has 1 rings (SSSR count). The SMILES string of the molecule is CC(C)C[C@H](NC(=O)OC(C)(C)C)C(=O)NC[C@@H]1CC[C@@H](CCB(O)O)C[C@]1(N)C(=O)O. The van der Waals surface area contributed by atoms with E-state index in [2.05, 4.69) is 10.6 Å². The largest absolute Gasteiger partial charge is 0.480 e. The number of amides is 2. The molecular formula is C21H40BN3O7. The summed E-state index contributed by atoms with van der Waals surface area (Å²) in [5.74, 6) is -1.95. The van der Waals surface area contributed by atoms with Crippen molar-refractivity contribution in [2.75, 3.05) is 6.54 Å². The maximum absolute atomic E-state index is 12.8. The molecule has 0 aliphatic heterocycles. The first kappa shape index (κ1) is 28.2. The number of nitrogens with two attached hydrogens (primary N) is 1. The number of alkyl carbamates (subject to hydrolysis) is 1. The third kappa shape index (κ3) is 9.34.